The van der Waals surface area contributed by atoms with Gasteiger partial charge in [-0.05, 0) is 50.2 Å². The standard InChI is InChI=1S/C20H26N4O4/c1-4-24(20(27)12-21-14(2)18-6-5-11-28-18)13-19(26)23-17-9-7-16(8-10-17)22-15(3)25/h5-11,14,21H,4,12-13H2,1-3H3,(H,22,25)(H,23,26)/p+1/t14-/m0/s1. The molecule has 0 radical (unpaired) electrons. The highest BCUT2D eigenvalue weighted by Gasteiger charge is 2.19. The van der Waals surface area contributed by atoms with Gasteiger partial charge < -0.3 is 25.3 Å². The number of benzene rings is 1. The average molecular weight is 387 g/mol. The number of carbonyl (C=O) groups is 3. The molecule has 0 saturated carbocycles. The van der Waals surface area contributed by atoms with Crippen LogP contribution in [-0.2, 0) is 14.4 Å². The zero-order chi connectivity index (χ0) is 20.5. The van der Waals surface area contributed by atoms with Crippen LogP contribution in [0.25, 0.3) is 0 Å². The summed E-state index contributed by atoms with van der Waals surface area (Å²) in [6, 6.07) is 10.5. The highest BCUT2D eigenvalue weighted by atomic mass is 16.3. The van der Waals surface area contributed by atoms with E-state index in [-0.39, 0.29) is 36.9 Å². The summed E-state index contributed by atoms with van der Waals surface area (Å²) in [5.74, 6) is 0.252. The molecule has 1 atom stereocenters. The molecule has 3 amide bonds. The minimum Gasteiger partial charge on any atom is -0.463 e. The smallest absolute Gasteiger partial charge is 0.278 e. The van der Waals surface area contributed by atoms with Crippen LogP contribution >= 0.6 is 0 Å². The molecule has 8 heteroatoms. The number of furan rings is 1. The molecule has 0 spiro atoms. The van der Waals surface area contributed by atoms with Crippen LogP contribution in [0.4, 0.5) is 11.4 Å². The number of hydrogen-bond donors (Lipinski definition) is 3. The van der Waals surface area contributed by atoms with Gasteiger partial charge >= 0.3 is 0 Å². The number of anilines is 2. The summed E-state index contributed by atoms with van der Waals surface area (Å²) in [6.07, 6.45) is 1.60. The molecule has 0 bridgehead atoms. The van der Waals surface area contributed by atoms with Crippen molar-refractivity contribution in [3.05, 3.63) is 48.4 Å². The van der Waals surface area contributed by atoms with E-state index in [1.54, 1.807) is 30.5 Å². The Hall–Kier alpha value is -3.13. The van der Waals surface area contributed by atoms with Crippen molar-refractivity contribution in [1.29, 1.82) is 0 Å². The second kappa shape index (κ2) is 10.3. The largest absolute Gasteiger partial charge is 0.463 e. The Bertz CT molecular complexity index is 787. The van der Waals surface area contributed by atoms with Crippen molar-refractivity contribution < 1.29 is 24.1 Å². The van der Waals surface area contributed by atoms with E-state index in [0.29, 0.717) is 17.9 Å². The second-order valence-corrected chi connectivity index (χ2v) is 6.46. The van der Waals surface area contributed by atoms with Crippen molar-refractivity contribution in [2.75, 3.05) is 30.3 Å². The molecule has 2 aromatic rings. The molecule has 0 aliphatic heterocycles. The van der Waals surface area contributed by atoms with Crippen LogP contribution in [-0.4, -0.2) is 42.3 Å². The Kier molecular flexibility index (Phi) is 7.76. The zero-order valence-electron chi connectivity index (χ0n) is 16.4. The lowest BCUT2D eigenvalue weighted by atomic mass is 10.2. The average Bonchev–Trinajstić information content (AvgIpc) is 3.20. The number of nitrogens with zero attached hydrogens (tertiary/aromatic N) is 1. The molecular weight excluding hydrogens is 360 g/mol. The van der Waals surface area contributed by atoms with Gasteiger partial charge in [-0.2, -0.15) is 0 Å². The number of nitrogens with one attached hydrogen (secondary N) is 2. The fraction of sp³-hybridized carbons (Fsp3) is 0.350. The van der Waals surface area contributed by atoms with E-state index in [1.165, 1.54) is 11.8 Å². The van der Waals surface area contributed by atoms with Crippen molar-refractivity contribution in [3.8, 4) is 0 Å². The van der Waals surface area contributed by atoms with E-state index in [2.05, 4.69) is 10.6 Å². The van der Waals surface area contributed by atoms with Crippen LogP contribution in [0.3, 0.4) is 0 Å². The number of carbonyl (C=O) groups excluding carboxylic acids is 3. The Morgan fingerprint density at radius 2 is 1.75 bits per heavy atom. The number of nitrogens with two attached hydrogens (primary N) is 1. The molecule has 2 rings (SSSR count). The number of likely N-dealkylation sites (N-methyl/N-ethyl adjacent to an activating group) is 1. The lowest BCUT2D eigenvalue weighted by molar-refractivity contribution is -0.685. The summed E-state index contributed by atoms with van der Waals surface area (Å²) >= 11 is 0. The van der Waals surface area contributed by atoms with Gasteiger partial charge in [-0.3, -0.25) is 14.4 Å². The maximum Gasteiger partial charge on any atom is 0.278 e. The van der Waals surface area contributed by atoms with E-state index in [9.17, 15) is 14.4 Å². The van der Waals surface area contributed by atoms with Gasteiger partial charge in [-0.25, -0.2) is 0 Å². The van der Waals surface area contributed by atoms with Crippen molar-refractivity contribution in [3.63, 3.8) is 0 Å². The predicted octanol–water partition coefficient (Wildman–Crippen LogP) is 1.35. The zero-order valence-corrected chi connectivity index (χ0v) is 16.4. The first kappa shape index (κ1) is 21.2. The first-order chi connectivity index (χ1) is 13.4. The van der Waals surface area contributed by atoms with E-state index in [0.717, 1.165) is 5.76 Å². The highest BCUT2D eigenvalue weighted by molar-refractivity contribution is 5.95. The Morgan fingerprint density at radius 3 is 2.29 bits per heavy atom. The molecule has 28 heavy (non-hydrogen) atoms. The number of quaternary nitrogens is 1. The molecular formula is C20H27N4O4+. The van der Waals surface area contributed by atoms with Crippen LogP contribution < -0.4 is 16.0 Å². The molecule has 0 saturated heterocycles. The Labute approximate surface area is 164 Å². The molecule has 8 nitrogen and oxygen atoms in total. The first-order valence-electron chi connectivity index (χ1n) is 9.21. The highest BCUT2D eigenvalue weighted by Crippen LogP contribution is 2.13. The fourth-order valence-electron chi connectivity index (χ4n) is 2.66. The lowest BCUT2D eigenvalue weighted by Gasteiger charge is -2.20. The minimum atomic E-state index is -0.276. The van der Waals surface area contributed by atoms with Gasteiger partial charge in [0, 0.05) is 24.8 Å². The van der Waals surface area contributed by atoms with Gasteiger partial charge in [0.15, 0.2) is 12.3 Å². The van der Waals surface area contributed by atoms with Gasteiger partial charge in [0.2, 0.25) is 11.8 Å². The summed E-state index contributed by atoms with van der Waals surface area (Å²) < 4.78 is 5.33. The van der Waals surface area contributed by atoms with Gasteiger partial charge in [0.1, 0.15) is 12.6 Å². The third kappa shape index (κ3) is 6.55. The molecule has 0 unspecified atom stereocenters. The SMILES string of the molecule is CCN(CC(=O)Nc1ccc(NC(C)=O)cc1)C(=O)C[NH2+][C@@H](C)c1ccco1. The van der Waals surface area contributed by atoms with Gasteiger partial charge in [0.25, 0.3) is 5.91 Å². The van der Waals surface area contributed by atoms with Gasteiger partial charge in [-0.1, -0.05) is 0 Å². The second-order valence-electron chi connectivity index (χ2n) is 6.46. The van der Waals surface area contributed by atoms with Crippen LogP contribution in [0.5, 0.6) is 0 Å². The van der Waals surface area contributed by atoms with E-state index in [1.807, 2.05) is 31.3 Å². The fourth-order valence-corrected chi connectivity index (χ4v) is 2.66. The van der Waals surface area contributed by atoms with E-state index >= 15 is 0 Å². The number of hydrogen-bond acceptors (Lipinski definition) is 4. The van der Waals surface area contributed by atoms with Crippen molar-refractivity contribution in [2.45, 2.75) is 26.8 Å². The summed E-state index contributed by atoms with van der Waals surface area (Å²) in [5.41, 5.74) is 1.25. The van der Waals surface area contributed by atoms with Crippen LogP contribution in [0.15, 0.2) is 47.1 Å². The molecule has 0 fully saturated rings. The predicted molar refractivity (Wildman–Crippen MR) is 106 cm³/mol. The quantitative estimate of drug-likeness (QED) is 0.603. The van der Waals surface area contributed by atoms with Crippen LogP contribution in [0, 0.1) is 0 Å². The monoisotopic (exact) mass is 387 g/mol. The molecule has 1 aromatic carbocycles. The van der Waals surface area contributed by atoms with Crippen molar-refractivity contribution in [2.24, 2.45) is 0 Å². The third-order valence-corrected chi connectivity index (χ3v) is 4.20. The first-order valence-corrected chi connectivity index (χ1v) is 9.21. The minimum absolute atomic E-state index is 0.0219. The maximum atomic E-state index is 12.4. The molecule has 0 aliphatic carbocycles. The molecule has 150 valence electrons. The topological polar surface area (TPSA) is 108 Å². The van der Waals surface area contributed by atoms with Gasteiger partial charge in [0.05, 0.1) is 6.26 Å². The lowest BCUT2D eigenvalue weighted by Crippen LogP contribution is -2.87. The summed E-state index contributed by atoms with van der Waals surface area (Å²) in [5, 5.41) is 7.30. The van der Waals surface area contributed by atoms with Crippen molar-refractivity contribution >= 4 is 29.1 Å². The summed E-state index contributed by atoms with van der Waals surface area (Å²) in [4.78, 5) is 37.2. The van der Waals surface area contributed by atoms with Crippen LogP contribution in [0.2, 0.25) is 0 Å². The Morgan fingerprint density at radius 1 is 1.11 bits per heavy atom. The molecule has 0 aliphatic rings. The molecule has 1 heterocycles. The number of amides is 3. The normalized spacial score (nSPS) is 11.5. The van der Waals surface area contributed by atoms with Crippen LogP contribution in [0.1, 0.15) is 32.6 Å². The maximum absolute atomic E-state index is 12.4. The third-order valence-electron chi connectivity index (χ3n) is 4.20. The van der Waals surface area contributed by atoms with Gasteiger partial charge in [-0.15, -0.1) is 0 Å². The van der Waals surface area contributed by atoms with E-state index < -0.39 is 0 Å². The summed E-state index contributed by atoms with van der Waals surface area (Å²) in [7, 11) is 0. The molecule has 4 N–H and O–H groups in total. The number of rotatable bonds is 9. The Balaban J connectivity index is 1.82. The summed E-state index contributed by atoms with van der Waals surface area (Å²) in [6.45, 7) is 5.87. The van der Waals surface area contributed by atoms with E-state index in [4.69, 9.17) is 4.42 Å². The molecule has 1 aromatic heterocycles. The van der Waals surface area contributed by atoms with Crippen molar-refractivity contribution in [1.82, 2.24) is 4.90 Å².